The van der Waals surface area contributed by atoms with Crippen LogP contribution in [0.1, 0.15) is 15.9 Å². The van der Waals surface area contributed by atoms with Gasteiger partial charge in [-0.15, -0.1) is 0 Å². The van der Waals surface area contributed by atoms with Crippen LogP contribution in [0.5, 0.6) is 5.75 Å². The van der Waals surface area contributed by atoms with Gasteiger partial charge in [-0.25, -0.2) is 0 Å². The molecular weight excluding hydrogens is 324 g/mol. The minimum Gasteiger partial charge on any atom is -0.496 e. The van der Waals surface area contributed by atoms with Crippen LogP contribution in [0.4, 0.5) is 13.2 Å². The molecule has 0 unspecified atom stereocenters. The Hall–Kier alpha value is -0.750. The second-order valence-corrected chi connectivity index (χ2v) is 4.02. The molecule has 7 heteroatoms. The maximum atomic E-state index is 12.8. The Kier molecular flexibility index (Phi) is 4.43. The molecule has 0 fully saturated rings. The first-order valence-electron chi connectivity index (χ1n) is 4.35. The lowest BCUT2D eigenvalue weighted by Crippen LogP contribution is -2.16. The molecule has 1 aromatic carbocycles. The lowest BCUT2D eigenvalue weighted by molar-refractivity contribution is -0.137. The molecule has 0 aliphatic carbocycles. The van der Waals surface area contributed by atoms with Gasteiger partial charge in [0, 0.05) is 0 Å². The number of alkyl halides is 4. The Morgan fingerprint density at radius 1 is 1.47 bits per heavy atom. The Bertz CT molecular complexity index is 446. The Labute approximate surface area is 109 Å². The number of rotatable bonds is 3. The van der Waals surface area contributed by atoms with E-state index in [1.165, 1.54) is 13.2 Å². The van der Waals surface area contributed by atoms with Crippen molar-refractivity contribution in [3.8, 4) is 5.75 Å². The number of hydrogen-bond donors (Lipinski definition) is 0. The highest BCUT2D eigenvalue weighted by Crippen LogP contribution is 2.41. The molecule has 1 rings (SSSR count). The molecule has 94 valence electrons. The van der Waals surface area contributed by atoms with Gasteiger partial charge >= 0.3 is 6.18 Å². The molecule has 0 saturated carbocycles. The fourth-order valence-corrected chi connectivity index (χ4v) is 1.89. The van der Waals surface area contributed by atoms with Gasteiger partial charge in [0.25, 0.3) is 0 Å². The number of Topliss-reactive ketones (excluding diaryl/α,β-unsaturated/α-hetero) is 1. The molecule has 0 aromatic heterocycles. The third-order valence-electron chi connectivity index (χ3n) is 2.02. The van der Waals surface area contributed by atoms with Gasteiger partial charge in [-0.3, -0.25) is 4.79 Å². The molecule has 0 aliphatic heterocycles. The number of carbonyl (C=O) groups excluding carboxylic acids is 1. The van der Waals surface area contributed by atoms with Gasteiger partial charge in [0.05, 0.1) is 28.6 Å². The van der Waals surface area contributed by atoms with E-state index in [-0.39, 0.29) is 11.1 Å². The summed E-state index contributed by atoms with van der Waals surface area (Å²) in [7, 11) is 1.19. The van der Waals surface area contributed by atoms with Crippen LogP contribution in [0.3, 0.4) is 0 Å². The largest absolute Gasteiger partial charge is 0.496 e. The zero-order valence-electron chi connectivity index (χ0n) is 8.57. The van der Waals surface area contributed by atoms with Crippen molar-refractivity contribution in [3.63, 3.8) is 0 Å². The van der Waals surface area contributed by atoms with E-state index in [1.807, 2.05) is 0 Å². The number of ketones is 1. The van der Waals surface area contributed by atoms with Gasteiger partial charge in [-0.2, -0.15) is 13.2 Å². The van der Waals surface area contributed by atoms with Crippen LogP contribution in [0.25, 0.3) is 0 Å². The summed E-state index contributed by atoms with van der Waals surface area (Å²) >= 11 is 8.33. The minimum absolute atomic E-state index is 0.147. The van der Waals surface area contributed by atoms with Crippen LogP contribution >= 0.6 is 27.5 Å². The number of methoxy groups -OCH3 is 1. The first kappa shape index (κ1) is 14.3. The van der Waals surface area contributed by atoms with Crippen molar-refractivity contribution in [3.05, 3.63) is 28.3 Å². The number of ether oxygens (including phenoxy) is 1. The minimum atomic E-state index is -4.71. The molecule has 0 heterocycles. The summed E-state index contributed by atoms with van der Waals surface area (Å²) in [4.78, 5) is 11.5. The summed E-state index contributed by atoms with van der Waals surface area (Å²) in [6, 6.07) is 2.28. The lowest BCUT2D eigenvalue weighted by Gasteiger charge is -2.16. The van der Waals surface area contributed by atoms with Crippen LogP contribution in [-0.4, -0.2) is 18.2 Å². The highest BCUT2D eigenvalue weighted by atomic mass is 79.9. The molecule has 0 bridgehead atoms. The van der Waals surface area contributed by atoms with Crippen molar-refractivity contribution < 1.29 is 22.7 Å². The maximum Gasteiger partial charge on any atom is 0.418 e. The maximum absolute atomic E-state index is 12.8. The normalized spacial score (nSPS) is 11.4. The second-order valence-electron chi connectivity index (χ2n) is 3.05. The number of carbonyl (C=O) groups is 1. The van der Waals surface area contributed by atoms with Crippen LogP contribution in [-0.2, 0) is 6.18 Å². The van der Waals surface area contributed by atoms with Crippen LogP contribution in [0.15, 0.2) is 12.1 Å². The first-order valence-corrected chi connectivity index (χ1v) is 5.85. The molecule has 0 aliphatic rings. The molecule has 2 nitrogen and oxygen atoms in total. The summed E-state index contributed by atoms with van der Waals surface area (Å²) in [5.41, 5.74) is -1.72. The predicted octanol–water partition coefficient (Wildman–Crippen LogP) is 3.95. The van der Waals surface area contributed by atoms with Crippen molar-refractivity contribution in [1.29, 1.82) is 0 Å². The fraction of sp³-hybridized carbons (Fsp3) is 0.300. The van der Waals surface area contributed by atoms with Gasteiger partial charge < -0.3 is 4.74 Å². The van der Waals surface area contributed by atoms with Crippen LogP contribution in [0.2, 0.25) is 5.02 Å². The van der Waals surface area contributed by atoms with Crippen molar-refractivity contribution >= 4 is 33.3 Å². The monoisotopic (exact) mass is 330 g/mol. The van der Waals surface area contributed by atoms with Crippen molar-refractivity contribution in [1.82, 2.24) is 0 Å². The van der Waals surface area contributed by atoms with Gasteiger partial charge in [0.2, 0.25) is 0 Å². The lowest BCUT2D eigenvalue weighted by atomic mass is 10.0. The molecule has 0 radical (unpaired) electrons. The first-order chi connectivity index (χ1) is 7.82. The van der Waals surface area contributed by atoms with E-state index in [0.29, 0.717) is 0 Å². The Morgan fingerprint density at radius 3 is 2.47 bits per heavy atom. The summed E-state index contributed by atoms with van der Waals surface area (Å²) in [6.45, 7) is 0. The zero-order valence-corrected chi connectivity index (χ0v) is 10.9. The van der Waals surface area contributed by atoms with Crippen molar-refractivity contribution in [2.45, 2.75) is 6.18 Å². The summed E-state index contributed by atoms with van der Waals surface area (Å²) < 4.78 is 43.2. The smallest absolute Gasteiger partial charge is 0.418 e. The van der Waals surface area contributed by atoms with Gasteiger partial charge in [0.1, 0.15) is 5.75 Å². The van der Waals surface area contributed by atoms with E-state index in [2.05, 4.69) is 15.9 Å². The standard InChI is InChI=1S/C10H7BrClF3O2/c1-17-7-3-2-5(12)9(10(13,14)15)8(7)6(16)4-11/h2-3H,4H2,1H3. The molecule has 0 N–H and O–H groups in total. The highest BCUT2D eigenvalue weighted by Gasteiger charge is 2.39. The molecular formula is C10H7BrClF3O2. The van der Waals surface area contributed by atoms with E-state index in [9.17, 15) is 18.0 Å². The third kappa shape index (κ3) is 2.93. The van der Waals surface area contributed by atoms with E-state index in [4.69, 9.17) is 16.3 Å². The summed E-state index contributed by atoms with van der Waals surface area (Å²) in [5, 5.41) is -0.769. The molecule has 17 heavy (non-hydrogen) atoms. The van der Waals surface area contributed by atoms with Crippen molar-refractivity contribution in [2.75, 3.05) is 12.4 Å². The van der Waals surface area contributed by atoms with Crippen LogP contribution in [0, 0.1) is 0 Å². The summed E-state index contributed by atoms with van der Waals surface area (Å²) in [6.07, 6.45) is -4.71. The quantitative estimate of drug-likeness (QED) is 0.619. The SMILES string of the molecule is COc1ccc(Cl)c(C(F)(F)F)c1C(=O)CBr. The van der Waals surface area contributed by atoms with Crippen LogP contribution < -0.4 is 4.74 Å². The fourth-order valence-electron chi connectivity index (χ4n) is 1.35. The third-order valence-corrected chi connectivity index (χ3v) is 2.84. The second kappa shape index (κ2) is 5.27. The predicted molar refractivity (Wildman–Crippen MR) is 61.1 cm³/mol. The molecule has 0 saturated heterocycles. The molecule has 0 amide bonds. The van der Waals surface area contributed by atoms with E-state index < -0.39 is 28.1 Å². The Morgan fingerprint density at radius 2 is 2.06 bits per heavy atom. The van der Waals surface area contributed by atoms with E-state index in [1.54, 1.807) is 0 Å². The van der Waals surface area contributed by atoms with E-state index >= 15 is 0 Å². The number of halogens is 5. The summed E-state index contributed by atoms with van der Waals surface area (Å²) in [5.74, 6) is -0.886. The van der Waals surface area contributed by atoms with Crippen molar-refractivity contribution in [2.24, 2.45) is 0 Å². The topological polar surface area (TPSA) is 26.3 Å². The van der Waals surface area contributed by atoms with Gasteiger partial charge in [-0.1, -0.05) is 27.5 Å². The number of hydrogen-bond acceptors (Lipinski definition) is 2. The average Bonchev–Trinajstić information content (AvgIpc) is 2.25. The molecule has 0 spiro atoms. The van der Waals surface area contributed by atoms with E-state index in [0.717, 1.165) is 6.07 Å². The highest BCUT2D eigenvalue weighted by molar-refractivity contribution is 9.09. The molecule has 0 atom stereocenters. The average molecular weight is 332 g/mol. The van der Waals surface area contributed by atoms with Gasteiger partial charge in [-0.05, 0) is 12.1 Å². The van der Waals surface area contributed by atoms with Gasteiger partial charge in [0.15, 0.2) is 5.78 Å². The zero-order chi connectivity index (χ0) is 13.2. The Balaban J connectivity index is 3.60. The molecule has 1 aromatic rings. The number of benzene rings is 1.